The van der Waals surface area contributed by atoms with Crippen molar-refractivity contribution in [3.05, 3.63) is 5.28 Å². The monoisotopic (exact) mass is 242 g/mol. The minimum atomic E-state index is 0.0196. The Morgan fingerprint density at radius 2 is 2.06 bits per heavy atom. The van der Waals surface area contributed by atoms with Crippen LogP contribution in [0.25, 0.3) is 0 Å². The van der Waals surface area contributed by atoms with Gasteiger partial charge in [0.2, 0.25) is 11.2 Å². The fraction of sp³-hybridized carbons (Fsp3) is 0.700. The van der Waals surface area contributed by atoms with Gasteiger partial charge in [-0.2, -0.15) is 15.0 Å². The molecule has 1 aromatic rings. The first-order valence-corrected chi connectivity index (χ1v) is 5.77. The zero-order valence-electron chi connectivity index (χ0n) is 9.57. The number of anilines is 1. The molecule has 0 spiro atoms. The number of hydrogen-bond acceptors (Lipinski definition) is 5. The fourth-order valence-corrected chi connectivity index (χ4v) is 1.50. The summed E-state index contributed by atoms with van der Waals surface area (Å²) in [6.45, 7) is 5.99. The molecule has 1 aliphatic carbocycles. The molecule has 88 valence electrons. The zero-order chi connectivity index (χ0) is 11.7. The lowest BCUT2D eigenvalue weighted by Crippen LogP contribution is -2.12. The van der Waals surface area contributed by atoms with Gasteiger partial charge < -0.3 is 10.1 Å². The predicted octanol–water partition coefficient (Wildman–Crippen LogP) is 2.13. The molecule has 5 nitrogen and oxygen atoms in total. The normalized spacial score (nSPS) is 23.3. The van der Waals surface area contributed by atoms with Crippen molar-refractivity contribution in [2.45, 2.75) is 39.3 Å². The van der Waals surface area contributed by atoms with E-state index in [4.69, 9.17) is 16.3 Å². The summed E-state index contributed by atoms with van der Waals surface area (Å²) in [6, 6.07) is 0.719. The topological polar surface area (TPSA) is 59.9 Å². The van der Waals surface area contributed by atoms with Gasteiger partial charge in [-0.1, -0.05) is 6.92 Å². The molecule has 1 N–H and O–H groups in total. The van der Waals surface area contributed by atoms with Gasteiger partial charge in [0, 0.05) is 6.04 Å². The van der Waals surface area contributed by atoms with Crippen LogP contribution in [-0.4, -0.2) is 27.1 Å². The number of aromatic nitrogens is 3. The van der Waals surface area contributed by atoms with Crippen molar-refractivity contribution in [1.82, 2.24) is 15.0 Å². The lowest BCUT2D eigenvalue weighted by Gasteiger charge is -2.09. The summed E-state index contributed by atoms with van der Waals surface area (Å²) in [4.78, 5) is 12.1. The summed E-state index contributed by atoms with van der Waals surface area (Å²) >= 11 is 5.79. The van der Waals surface area contributed by atoms with Gasteiger partial charge in [-0.05, 0) is 37.8 Å². The van der Waals surface area contributed by atoms with E-state index < -0.39 is 0 Å². The molecule has 1 saturated carbocycles. The summed E-state index contributed by atoms with van der Waals surface area (Å²) in [5.41, 5.74) is 0. The molecule has 2 rings (SSSR count). The third-order valence-electron chi connectivity index (χ3n) is 2.35. The second kappa shape index (κ2) is 4.41. The molecule has 1 aromatic heterocycles. The van der Waals surface area contributed by atoms with E-state index in [0.29, 0.717) is 17.9 Å². The lowest BCUT2D eigenvalue weighted by atomic mass is 10.5. The van der Waals surface area contributed by atoms with Gasteiger partial charge in [0.15, 0.2) is 0 Å². The molecule has 1 heterocycles. The number of ether oxygens (including phenoxy) is 1. The van der Waals surface area contributed by atoms with Crippen LogP contribution in [0.4, 0.5) is 5.95 Å². The molecule has 1 fully saturated rings. The van der Waals surface area contributed by atoms with Gasteiger partial charge in [-0.25, -0.2) is 0 Å². The third-order valence-corrected chi connectivity index (χ3v) is 2.52. The zero-order valence-corrected chi connectivity index (χ0v) is 10.3. The van der Waals surface area contributed by atoms with Crippen LogP contribution in [0.15, 0.2) is 0 Å². The van der Waals surface area contributed by atoms with Crippen molar-refractivity contribution in [3.63, 3.8) is 0 Å². The van der Waals surface area contributed by atoms with E-state index in [1.807, 2.05) is 13.8 Å². The van der Waals surface area contributed by atoms with Crippen LogP contribution in [0.2, 0.25) is 5.28 Å². The maximum Gasteiger partial charge on any atom is 0.322 e. The Hall–Kier alpha value is -1.10. The first-order chi connectivity index (χ1) is 7.54. The molecular formula is C10H15ClN4O. The molecule has 0 radical (unpaired) electrons. The highest BCUT2D eigenvalue weighted by molar-refractivity contribution is 6.28. The van der Waals surface area contributed by atoms with E-state index in [9.17, 15) is 0 Å². The average molecular weight is 243 g/mol. The number of rotatable bonds is 4. The van der Waals surface area contributed by atoms with E-state index in [1.165, 1.54) is 0 Å². The van der Waals surface area contributed by atoms with Crippen molar-refractivity contribution < 1.29 is 4.74 Å². The highest BCUT2D eigenvalue weighted by Gasteiger charge is 2.33. The van der Waals surface area contributed by atoms with Crippen LogP contribution in [0.5, 0.6) is 6.01 Å². The third kappa shape index (κ3) is 2.95. The van der Waals surface area contributed by atoms with Crippen molar-refractivity contribution in [3.8, 4) is 6.01 Å². The van der Waals surface area contributed by atoms with Gasteiger partial charge in [-0.3, -0.25) is 0 Å². The highest BCUT2D eigenvalue weighted by atomic mass is 35.5. The van der Waals surface area contributed by atoms with E-state index in [-0.39, 0.29) is 17.4 Å². The first-order valence-electron chi connectivity index (χ1n) is 5.39. The van der Waals surface area contributed by atoms with Gasteiger partial charge >= 0.3 is 6.01 Å². The molecule has 1 aliphatic rings. The average Bonchev–Trinajstić information content (AvgIpc) is 2.78. The molecular weight excluding hydrogens is 228 g/mol. The number of hydrogen-bond donors (Lipinski definition) is 1. The van der Waals surface area contributed by atoms with E-state index in [2.05, 4.69) is 27.2 Å². The Balaban J connectivity index is 2.08. The molecule has 0 bridgehead atoms. The van der Waals surface area contributed by atoms with E-state index in [0.717, 1.165) is 6.42 Å². The summed E-state index contributed by atoms with van der Waals surface area (Å²) in [6.07, 6.45) is 1.16. The van der Waals surface area contributed by atoms with Gasteiger partial charge in [0.25, 0.3) is 0 Å². The molecule has 16 heavy (non-hydrogen) atoms. The largest absolute Gasteiger partial charge is 0.461 e. The van der Waals surface area contributed by atoms with Gasteiger partial charge in [0.05, 0.1) is 6.10 Å². The second-order valence-electron chi connectivity index (χ2n) is 4.34. The van der Waals surface area contributed by atoms with Crippen LogP contribution in [0, 0.1) is 5.92 Å². The summed E-state index contributed by atoms with van der Waals surface area (Å²) in [5, 5.41) is 3.35. The van der Waals surface area contributed by atoms with Crippen LogP contribution >= 0.6 is 11.6 Å². The minimum absolute atomic E-state index is 0.0196. The van der Waals surface area contributed by atoms with E-state index in [1.54, 1.807) is 0 Å². The Morgan fingerprint density at radius 3 is 2.62 bits per heavy atom. The molecule has 2 atom stereocenters. The molecule has 0 aromatic carbocycles. The van der Waals surface area contributed by atoms with Gasteiger partial charge in [0.1, 0.15) is 0 Å². The molecule has 6 heteroatoms. The van der Waals surface area contributed by atoms with Crippen molar-refractivity contribution in [2.75, 3.05) is 5.32 Å². The van der Waals surface area contributed by atoms with Crippen molar-refractivity contribution in [2.24, 2.45) is 5.92 Å². The van der Waals surface area contributed by atoms with Crippen molar-refractivity contribution in [1.29, 1.82) is 0 Å². The van der Waals surface area contributed by atoms with Crippen LogP contribution in [0.3, 0.4) is 0 Å². The highest BCUT2D eigenvalue weighted by Crippen LogP contribution is 2.32. The Bertz CT molecular complexity index is 385. The smallest absolute Gasteiger partial charge is 0.322 e. The standard InChI is InChI=1S/C10H15ClN4O/c1-5(2)16-10-14-8(11)13-9(15-10)12-7-4-6(7)3/h5-7H,4H2,1-3H3,(H,12,13,14,15). The van der Waals surface area contributed by atoms with Gasteiger partial charge in [-0.15, -0.1) is 0 Å². The molecule has 0 saturated heterocycles. The first kappa shape index (κ1) is 11.4. The predicted molar refractivity (Wildman–Crippen MR) is 61.8 cm³/mol. The minimum Gasteiger partial charge on any atom is -0.461 e. The number of halogens is 1. The van der Waals surface area contributed by atoms with E-state index >= 15 is 0 Å². The van der Waals surface area contributed by atoms with Crippen LogP contribution in [-0.2, 0) is 0 Å². The maximum absolute atomic E-state index is 5.79. The van der Waals surface area contributed by atoms with Crippen molar-refractivity contribution >= 4 is 17.5 Å². The Labute approximate surface area is 99.6 Å². The maximum atomic E-state index is 5.79. The number of nitrogens with one attached hydrogen (secondary N) is 1. The Morgan fingerprint density at radius 1 is 1.38 bits per heavy atom. The SMILES string of the molecule is CC(C)Oc1nc(Cl)nc(NC2CC2C)n1. The summed E-state index contributed by atoms with van der Waals surface area (Å²) in [7, 11) is 0. The number of nitrogens with zero attached hydrogens (tertiary/aromatic N) is 3. The molecule has 2 unspecified atom stereocenters. The van der Waals surface area contributed by atoms with Crippen LogP contribution in [0.1, 0.15) is 27.2 Å². The lowest BCUT2D eigenvalue weighted by molar-refractivity contribution is 0.222. The molecule has 0 aliphatic heterocycles. The molecule has 0 amide bonds. The Kier molecular flexibility index (Phi) is 3.14. The van der Waals surface area contributed by atoms with Crippen LogP contribution < -0.4 is 10.1 Å². The summed E-state index contributed by atoms with van der Waals surface area (Å²) < 4.78 is 5.38. The summed E-state index contributed by atoms with van der Waals surface area (Å²) in [5.74, 6) is 1.16. The fourth-order valence-electron chi connectivity index (χ4n) is 1.35. The second-order valence-corrected chi connectivity index (χ2v) is 4.68. The quantitative estimate of drug-likeness (QED) is 0.877.